The first-order valence-corrected chi connectivity index (χ1v) is 8.27. The van der Waals surface area contributed by atoms with Crippen molar-refractivity contribution in [1.82, 2.24) is 0 Å². The van der Waals surface area contributed by atoms with Crippen LogP contribution in [0.15, 0.2) is 48.0 Å². The van der Waals surface area contributed by atoms with Gasteiger partial charge in [-0.3, -0.25) is 4.79 Å². The first kappa shape index (κ1) is 18.3. The van der Waals surface area contributed by atoms with Crippen LogP contribution in [0.25, 0.3) is 6.08 Å². The second kappa shape index (κ2) is 8.70. The van der Waals surface area contributed by atoms with Gasteiger partial charge in [0.2, 0.25) is 0 Å². The van der Waals surface area contributed by atoms with E-state index in [1.54, 1.807) is 6.08 Å². The fraction of sp³-hybridized carbons (Fsp3) is 0.238. The number of amides is 1. The number of aryl methyl sites for hydroxylation is 2. The number of anilines is 1. The van der Waals surface area contributed by atoms with Gasteiger partial charge in [-0.1, -0.05) is 31.2 Å². The molecule has 0 radical (unpaired) electrons. The number of benzene rings is 2. The third-order valence-electron chi connectivity index (χ3n) is 3.81. The van der Waals surface area contributed by atoms with Gasteiger partial charge in [0.25, 0.3) is 5.91 Å². The molecule has 1 N–H and O–H groups in total. The average Bonchev–Trinajstić information content (AvgIpc) is 2.61. The van der Waals surface area contributed by atoms with Crippen LogP contribution in [0, 0.1) is 25.2 Å². The third-order valence-corrected chi connectivity index (χ3v) is 3.81. The van der Waals surface area contributed by atoms with E-state index in [2.05, 4.69) is 5.32 Å². The van der Waals surface area contributed by atoms with E-state index < -0.39 is 5.91 Å². The molecule has 0 saturated carbocycles. The van der Waals surface area contributed by atoms with E-state index in [9.17, 15) is 10.1 Å². The van der Waals surface area contributed by atoms with Gasteiger partial charge >= 0.3 is 0 Å². The zero-order valence-corrected chi connectivity index (χ0v) is 14.8. The number of nitriles is 1. The lowest BCUT2D eigenvalue weighted by Gasteiger charge is -2.09. The number of rotatable bonds is 6. The van der Waals surface area contributed by atoms with Crippen molar-refractivity contribution < 1.29 is 9.53 Å². The van der Waals surface area contributed by atoms with Crippen LogP contribution in [0.2, 0.25) is 0 Å². The van der Waals surface area contributed by atoms with Crippen LogP contribution in [-0.2, 0) is 4.79 Å². The highest BCUT2D eigenvalue weighted by molar-refractivity contribution is 6.09. The van der Waals surface area contributed by atoms with Gasteiger partial charge in [0.15, 0.2) is 0 Å². The predicted molar refractivity (Wildman–Crippen MR) is 100 cm³/mol. The van der Waals surface area contributed by atoms with Crippen molar-refractivity contribution in [2.24, 2.45) is 0 Å². The molecule has 4 nitrogen and oxygen atoms in total. The Morgan fingerprint density at radius 1 is 1.20 bits per heavy atom. The maximum absolute atomic E-state index is 12.4. The molecule has 4 heteroatoms. The second-order valence-electron chi connectivity index (χ2n) is 5.81. The molecule has 0 bridgehead atoms. The van der Waals surface area contributed by atoms with E-state index in [0.29, 0.717) is 23.6 Å². The van der Waals surface area contributed by atoms with Crippen molar-refractivity contribution in [3.63, 3.8) is 0 Å². The predicted octanol–water partition coefficient (Wildman–Crippen LogP) is 4.64. The standard InChI is InChI=1S/C21H22N2O2/c1-4-11-25-20-8-6-5-7-17(20)13-18(14-22)21(24)23-19-10-9-15(2)16(3)12-19/h5-10,12-13H,4,11H2,1-3H3,(H,23,24)/b18-13+. The lowest BCUT2D eigenvalue weighted by molar-refractivity contribution is -0.112. The van der Waals surface area contributed by atoms with Crippen molar-refractivity contribution in [2.75, 3.05) is 11.9 Å². The molecule has 0 aliphatic heterocycles. The molecular formula is C21H22N2O2. The van der Waals surface area contributed by atoms with E-state index in [1.165, 1.54) is 0 Å². The van der Waals surface area contributed by atoms with Crippen LogP contribution in [-0.4, -0.2) is 12.5 Å². The zero-order chi connectivity index (χ0) is 18.2. The molecule has 0 heterocycles. The molecule has 0 fully saturated rings. The van der Waals surface area contributed by atoms with Crippen LogP contribution in [0.3, 0.4) is 0 Å². The number of nitrogens with one attached hydrogen (secondary N) is 1. The number of hydrogen-bond acceptors (Lipinski definition) is 3. The summed E-state index contributed by atoms with van der Waals surface area (Å²) in [7, 11) is 0. The van der Waals surface area contributed by atoms with Gasteiger partial charge in [0, 0.05) is 11.3 Å². The smallest absolute Gasteiger partial charge is 0.266 e. The normalized spacial score (nSPS) is 10.9. The minimum atomic E-state index is -0.434. The summed E-state index contributed by atoms with van der Waals surface area (Å²) in [5, 5.41) is 12.2. The van der Waals surface area contributed by atoms with Gasteiger partial charge in [0.1, 0.15) is 17.4 Å². The van der Waals surface area contributed by atoms with Gasteiger partial charge in [-0.15, -0.1) is 0 Å². The number of carbonyl (C=O) groups is 1. The molecular weight excluding hydrogens is 312 g/mol. The quantitative estimate of drug-likeness (QED) is 0.618. The fourth-order valence-electron chi connectivity index (χ4n) is 2.26. The highest BCUT2D eigenvalue weighted by Crippen LogP contribution is 2.22. The van der Waals surface area contributed by atoms with Gasteiger partial charge < -0.3 is 10.1 Å². The van der Waals surface area contributed by atoms with E-state index in [-0.39, 0.29) is 5.57 Å². The van der Waals surface area contributed by atoms with E-state index in [1.807, 2.05) is 69.3 Å². The summed E-state index contributed by atoms with van der Waals surface area (Å²) in [4.78, 5) is 12.4. The Balaban J connectivity index is 2.23. The number of para-hydroxylation sites is 1. The summed E-state index contributed by atoms with van der Waals surface area (Å²) in [5.74, 6) is 0.229. The molecule has 2 aromatic carbocycles. The summed E-state index contributed by atoms with van der Waals surface area (Å²) in [6.07, 6.45) is 2.44. The maximum atomic E-state index is 12.4. The number of carbonyl (C=O) groups excluding carboxylic acids is 1. The zero-order valence-electron chi connectivity index (χ0n) is 14.8. The summed E-state index contributed by atoms with van der Waals surface area (Å²) >= 11 is 0. The lowest BCUT2D eigenvalue weighted by atomic mass is 10.1. The van der Waals surface area contributed by atoms with Gasteiger partial charge in [0.05, 0.1) is 6.61 Å². The van der Waals surface area contributed by atoms with Crippen molar-refractivity contribution in [3.05, 3.63) is 64.7 Å². The number of nitrogens with zero attached hydrogens (tertiary/aromatic N) is 1. The molecule has 0 unspecified atom stereocenters. The molecule has 0 atom stereocenters. The Morgan fingerprint density at radius 2 is 1.96 bits per heavy atom. The minimum Gasteiger partial charge on any atom is -0.493 e. The summed E-state index contributed by atoms with van der Waals surface area (Å²) < 4.78 is 5.67. The topological polar surface area (TPSA) is 62.1 Å². The van der Waals surface area contributed by atoms with E-state index in [0.717, 1.165) is 17.5 Å². The van der Waals surface area contributed by atoms with Crippen LogP contribution in [0.5, 0.6) is 5.75 Å². The Morgan fingerprint density at radius 3 is 2.64 bits per heavy atom. The summed E-state index contributed by atoms with van der Waals surface area (Å²) in [6.45, 7) is 6.60. The summed E-state index contributed by atoms with van der Waals surface area (Å²) in [6, 6.07) is 15.0. The van der Waals surface area contributed by atoms with Crippen LogP contribution >= 0.6 is 0 Å². The highest BCUT2D eigenvalue weighted by Gasteiger charge is 2.11. The van der Waals surface area contributed by atoms with Crippen LogP contribution in [0.4, 0.5) is 5.69 Å². The molecule has 0 aliphatic carbocycles. The third kappa shape index (κ3) is 4.95. The van der Waals surface area contributed by atoms with Crippen molar-refractivity contribution in [3.8, 4) is 11.8 Å². The molecule has 0 spiro atoms. The number of ether oxygens (including phenoxy) is 1. The van der Waals surface area contributed by atoms with Crippen LogP contribution in [0.1, 0.15) is 30.0 Å². The second-order valence-corrected chi connectivity index (χ2v) is 5.81. The molecule has 2 aromatic rings. The monoisotopic (exact) mass is 334 g/mol. The Kier molecular flexibility index (Phi) is 6.36. The fourth-order valence-corrected chi connectivity index (χ4v) is 2.26. The molecule has 1 amide bonds. The molecule has 0 aliphatic rings. The number of hydrogen-bond donors (Lipinski definition) is 1. The maximum Gasteiger partial charge on any atom is 0.266 e. The van der Waals surface area contributed by atoms with Crippen LogP contribution < -0.4 is 10.1 Å². The average molecular weight is 334 g/mol. The minimum absolute atomic E-state index is 0.0331. The Hall–Kier alpha value is -3.06. The van der Waals surface area contributed by atoms with Gasteiger partial charge in [-0.2, -0.15) is 5.26 Å². The van der Waals surface area contributed by atoms with Crippen molar-refractivity contribution in [2.45, 2.75) is 27.2 Å². The lowest BCUT2D eigenvalue weighted by Crippen LogP contribution is -2.13. The summed E-state index contributed by atoms with van der Waals surface area (Å²) in [5.41, 5.74) is 3.65. The molecule has 0 aromatic heterocycles. The molecule has 128 valence electrons. The highest BCUT2D eigenvalue weighted by atomic mass is 16.5. The molecule has 25 heavy (non-hydrogen) atoms. The molecule has 0 saturated heterocycles. The van der Waals surface area contributed by atoms with Gasteiger partial charge in [-0.25, -0.2) is 0 Å². The van der Waals surface area contributed by atoms with Crippen molar-refractivity contribution in [1.29, 1.82) is 5.26 Å². The van der Waals surface area contributed by atoms with E-state index in [4.69, 9.17) is 4.74 Å². The van der Waals surface area contributed by atoms with Crippen molar-refractivity contribution >= 4 is 17.7 Å². The Labute approximate surface area is 148 Å². The van der Waals surface area contributed by atoms with E-state index >= 15 is 0 Å². The SMILES string of the molecule is CCCOc1ccccc1/C=C(\C#N)C(=O)Nc1ccc(C)c(C)c1. The van der Waals surface area contributed by atoms with Gasteiger partial charge in [-0.05, 0) is 55.7 Å². The molecule has 2 rings (SSSR count). The largest absolute Gasteiger partial charge is 0.493 e. The first-order chi connectivity index (χ1) is 12.0. The Bertz CT molecular complexity index is 832. The first-order valence-electron chi connectivity index (χ1n) is 8.27.